The Kier molecular flexibility index (Phi) is 7.30. The van der Waals surface area contributed by atoms with Gasteiger partial charge >= 0.3 is 0 Å². The van der Waals surface area contributed by atoms with E-state index in [2.05, 4.69) is 5.32 Å². The van der Waals surface area contributed by atoms with Crippen molar-refractivity contribution in [3.8, 4) is 11.5 Å². The molecule has 0 spiro atoms. The highest BCUT2D eigenvalue weighted by Crippen LogP contribution is 2.21. The molecule has 0 aliphatic heterocycles. The number of nitrogens with one attached hydrogen (secondary N) is 2. The number of methoxy groups -OCH3 is 2. The number of rotatable bonds is 8. The van der Waals surface area contributed by atoms with Crippen molar-refractivity contribution in [3.05, 3.63) is 58.6 Å². The number of halogens is 1. The van der Waals surface area contributed by atoms with Crippen LogP contribution in [0, 0.1) is 0 Å². The Bertz CT molecular complexity index is 734. The fraction of sp³-hybridized carbons (Fsp3) is 0.350. The quantitative estimate of drug-likeness (QED) is 0.740. The molecule has 2 N–H and O–H groups in total. The standard InChI is InChI=1S/C20H25ClN2O3/c1-14(20(24)22-12-15-5-8-18(25-3)9-6-15)23(2)13-16-11-17(21)7-10-19(16)26-4/h5-11,14H,12-13H2,1-4H3,(H,22,24)/p+1/t14-/m1/s1. The smallest absolute Gasteiger partial charge is 0.278 e. The Morgan fingerprint density at radius 3 is 2.46 bits per heavy atom. The molecular formula is C20H26ClN2O3+. The third-order valence-electron chi connectivity index (χ3n) is 4.47. The lowest BCUT2D eigenvalue weighted by Gasteiger charge is -2.22. The number of benzene rings is 2. The zero-order valence-corrected chi connectivity index (χ0v) is 16.4. The molecule has 0 aliphatic carbocycles. The van der Waals surface area contributed by atoms with E-state index in [0.717, 1.165) is 27.5 Å². The van der Waals surface area contributed by atoms with Crippen LogP contribution in [0.3, 0.4) is 0 Å². The van der Waals surface area contributed by atoms with Gasteiger partial charge < -0.3 is 19.7 Å². The van der Waals surface area contributed by atoms with Crippen LogP contribution >= 0.6 is 11.6 Å². The number of quaternary nitrogens is 1. The predicted molar refractivity (Wildman–Crippen MR) is 103 cm³/mol. The molecule has 0 aliphatic rings. The number of ether oxygens (including phenoxy) is 2. The highest BCUT2D eigenvalue weighted by molar-refractivity contribution is 6.30. The number of carbonyl (C=O) groups is 1. The minimum Gasteiger partial charge on any atom is -0.497 e. The molecule has 0 bridgehead atoms. The van der Waals surface area contributed by atoms with Gasteiger partial charge in [-0.25, -0.2) is 0 Å². The summed E-state index contributed by atoms with van der Waals surface area (Å²) in [6.07, 6.45) is 0. The summed E-state index contributed by atoms with van der Waals surface area (Å²) < 4.78 is 10.5. The second kappa shape index (κ2) is 9.46. The van der Waals surface area contributed by atoms with Crippen molar-refractivity contribution in [3.63, 3.8) is 0 Å². The van der Waals surface area contributed by atoms with E-state index >= 15 is 0 Å². The molecule has 140 valence electrons. The molecule has 0 saturated heterocycles. The van der Waals surface area contributed by atoms with E-state index in [-0.39, 0.29) is 11.9 Å². The molecule has 0 aromatic heterocycles. The summed E-state index contributed by atoms with van der Waals surface area (Å²) in [5.74, 6) is 1.58. The Morgan fingerprint density at radius 2 is 1.85 bits per heavy atom. The van der Waals surface area contributed by atoms with Crippen molar-refractivity contribution in [2.24, 2.45) is 0 Å². The molecule has 2 atom stereocenters. The molecular weight excluding hydrogens is 352 g/mol. The van der Waals surface area contributed by atoms with Crippen molar-refractivity contribution < 1.29 is 19.2 Å². The van der Waals surface area contributed by atoms with E-state index in [9.17, 15) is 4.79 Å². The van der Waals surface area contributed by atoms with Crippen LogP contribution in [0.1, 0.15) is 18.1 Å². The first kappa shape index (κ1) is 20.1. The van der Waals surface area contributed by atoms with Gasteiger partial charge in [0.05, 0.1) is 21.3 Å². The van der Waals surface area contributed by atoms with Gasteiger partial charge in [0.1, 0.15) is 18.0 Å². The van der Waals surface area contributed by atoms with E-state index in [4.69, 9.17) is 21.1 Å². The zero-order chi connectivity index (χ0) is 19.1. The first-order valence-corrected chi connectivity index (χ1v) is 8.87. The van der Waals surface area contributed by atoms with Gasteiger partial charge in [-0.05, 0) is 42.8 Å². The molecule has 0 radical (unpaired) electrons. The lowest BCUT2D eigenvalue weighted by atomic mass is 10.1. The molecule has 2 aromatic carbocycles. The Labute approximate surface area is 159 Å². The SMILES string of the molecule is COc1ccc(CNC(=O)[C@@H](C)[NH+](C)Cc2cc(Cl)ccc2OC)cc1. The largest absolute Gasteiger partial charge is 0.497 e. The first-order chi connectivity index (χ1) is 12.4. The van der Waals surface area contributed by atoms with E-state index in [1.807, 2.05) is 50.4 Å². The van der Waals surface area contributed by atoms with Crippen molar-refractivity contribution in [1.29, 1.82) is 0 Å². The van der Waals surface area contributed by atoms with E-state index in [0.29, 0.717) is 18.1 Å². The van der Waals surface area contributed by atoms with Gasteiger partial charge in [-0.1, -0.05) is 23.7 Å². The second-order valence-corrected chi connectivity index (χ2v) is 6.70. The lowest BCUT2D eigenvalue weighted by Crippen LogP contribution is -3.12. The highest BCUT2D eigenvalue weighted by atomic mass is 35.5. The predicted octanol–water partition coefficient (Wildman–Crippen LogP) is 2.08. The van der Waals surface area contributed by atoms with Gasteiger partial charge in [0.25, 0.3) is 5.91 Å². The third-order valence-corrected chi connectivity index (χ3v) is 4.71. The Hall–Kier alpha value is -2.24. The van der Waals surface area contributed by atoms with Gasteiger partial charge in [0.15, 0.2) is 6.04 Å². The number of hydrogen-bond acceptors (Lipinski definition) is 3. The van der Waals surface area contributed by atoms with Crippen molar-refractivity contribution in [2.45, 2.75) is 26.1 Å². The number of likely N-dealkylation sites (N-methyl/N-ethyl adjacent to an activating group) is 1. The lowest BCUT2D eigenvalue weighted by molar-refractivity contribution is -0.908. The molecule has 1 unspecified atom stereocenters. The van der Waals surface area contributed by atoms with Crippen LogP contribution in [0.4, 0.5) is 0 Å². The molecule has 1 amide bonds. The van der Waals surface area contributed by atoms with Crippen LogP contribution in [-0.2, 0) is 17.9 Å². The summed E-state index contributed by atoms with van der Waals surface area (Å²) in [6.45, 7) is 3.04. The first-order valence-electron chi connectivity index (χ1n) is 8.50. The number of amides is 1. The van der Waals surface area contributed by atoms with Crippen LogP contribution in [0.25, 0.3) is 0 Å². The molecule has 6 heteroatoms. The molecule has 0 heterocycles. The van der Waals surface area contributed by atoms with Crippen molar-refractivity contribution in [2.75, 3.05) is 21.3 Å². The topological polar surface area (TPSA) is 52.0 Å². The summed E-state index contributed by atoms with van der Waals surface area (Å²) >= 11 is 6.09. The fourth-order valence-corrected chi connectivity index (χ4v) is 2.84. The monoisotopic (exact) mass is 377 g/mol. The van der Waals surface area contributed by atoms with Gasteiger partial charge in [0, 0.05) is 17.1 Å². The van der Waals surface area contributed by atoms with E-state index in [1.54, 1.807) is 20.3 Å². The van der Waals surface area contributed by atoms with E-state index < -0.39 is 0 Å². The number of hydrogen-bond donors (Lipinski definition) is 2. The van der Waals surface area contributed by atoms with Crippen molar-refractivity contribution in [1.82, 2.24) is 5.32 Å². The van der Waals surface area contributed by atoms with Crippen LogP contribution in [-0.4, -0.2) is 33.2 Å². The molecule has 5 nitrogen and oxygen atoms in total. The summed E-state index contributed by atoms with van der Waals surface area (Å²) in [4.78, 5) is 13.5. The second-order valence-electron chi connectivity index (χ2n) is 6.27. The normalized spacial score (nSPS) is 13.0. The summed E-state index contributed by atoms with van der Waals surface area (Å²) in [6, 6.07) is 13.0. The molecule has 0 saturated carbocycles. The van der Waals surface area contributed by atoms with Crippen molar-refractivity contribution >= 4 is 17.5 Å². The molecule has 2 aromatic rings. The van der Waals surface area contributed by atoms with Crippen LogP contribution < -0.4 is 19.7 Å². The van der Waals surface area contributed by atoms with Gasteiger partial charge in [0.2, 0.25) is 0 Å². The zero-order valence-electron chi connectivity index (χ0n) is 15.6. The van der Waals surface area contributed by atoms with Crippen LogP contribution in [0.15, 0.2) is 42.5 Å². The van der Waals surface area contributed by atoms with Gasteiger partial charge in [-0.2, -0.15) is 0 Å². The summed E-state index contributed by atoms with van der Waals surface area (Å²) in [5.41, 5.74) is 2.01. The molecule has 2 rings (SSSR count). The molecule has 0 fully saturated rings. The van der Waals surface area contributed by atoms with Gasteiger partial charge in [-0.3, -0.25) is 4.79 Å². The average molecular weight is 378 g/mol. The maximum absolute atomic E-state index is 12.5. The van der Waals surface area contributed by atoms with Gasteiger partial charge in [-0.15, -0.1) is 0 Å². The summed E-state index contributed by atoms with van der Waals surface area (Å²) in [5, 5.41) is 3.64. The minimum atomic E-state index is -0.211. The maximum atomic E-state index is 12.5. The third kappa shape index (κ3) is 5.38. The maximum Gasteiger partial charge on any atom is 0.278 e. The highest BCUT2D eigenvalue weighted by Gasteiger charge is 2.23. The van der Waals surface area contributed by atoms with Crippen LogP contribution in [0.2, 0.25) is 5.02 Å². The minimum absolute atomic E-state index is 0.000636. The fourth-order valence-electron chi connectivity index (χ4n) is 2.65. The van der Waals surface area contributed by atoms with E-state index in [1.165, 1.54) is 0 Å². The molecule has 26 heavy (non-hydrogen) atoms. The Balaban J connectivity index is 1.93. The Morgan fingerprint density at radius 1 is 1.15 bits per heavy atom. The summed E-state index contributed by atoms with van der Waals surface area (Å²) in [7, 11) is 5.25. The van der Waals surface area contributed by atoms with Crippen LogP contribution in [0.5, 0.6) is 11.5 Å². The number of carbonyl (C=O) groups excluding carboxylic acids is 1. The average Bonchev–Trinajstić information content (AvgIpc) is 2.66.